The third-order valence-corrected chi connectivity index (χ3v) is 5.03. The molecule has 0 fully saturated rings. The highest BCUT2D eigenvalue weighted by Gasteiger charge is 2.18. The summed E-state index contributed by atoms with van der Waals surface area (Å²) < 4.78 is 1.39. The number of carbonyl (C=O) groups is 1. The number of hydroxylamine groups is 1. The van der Waals surface area contributed by atoms with Gasteiger partial charge in [0.1, 0.15) is 11.8 Å². The standard InChI is InChI=1S/C24H22N4O3/c1-15-9-7-8-12-19(15)25-20(29)14-28-17(3)13-16(2)21(24(28)30)23-26-22(27-31-23)18-10-5-4-6-11-18/h4-13H,2,14H2,1,3H3,(H,25,29)(H,26,27). The van der Waals surface area contributed by atoms with Gasteiger partial charge in [0, 0.05) is 16.9 Å². The number of rotatable bonds is 4. The summed E-state index contributed by atoms with van der Waals surface area (Å²) in [6, 6.07) is 18.7. The highest BCUT2D eigenvalue weighted by molar-refractivity contribution is 6.01. The van der Waals surface area contributed by atoms with Gasteiger partial charge in [-0.25, -0.2) is 5.48 Å². The fraction of sp³-hybridized carbons (Fsp3) is 0.125. The Bertz CT molecular complexity index is 1360. The van der Waals surface area contributed by atoms with Crippen LogP contribution in [0.2, 0.25) is 0 Å². The Morgan fingerprint density at radius 2 is 1.84 bits per heavy atom. The molecular weight excluding hydrogens is 392 g/mol. The molecule has 156 valence electrons. The van der Waals surface area contributed by atoms with Gasteiger partial charge in [0.25, 0.3) is 11.4 Å². The van der Waals surface area contributed by atoms with Gasteiger partial charge < -0.3 is 14.7 Å². The molecule has 1 aromatic heterocycles. The van der Waals surface area contributed by atoms with Crippen molar-refractivity contribution in [2.75, 3.05) is 5.32 Å². The third-order valence-electron chi connectivity index (χ3n) is 5.03. The van der Waals surface area contributed by atoms with Crippen molar-refractivity contribution < 1.29 is 9.63 Å². The number of nitrogens with one attached hydrogen (secondary N) is 2. The van der Waals surface area contributed by atoms with Crippen LogP contribution in [0.1, 0.15) is 16.8 Å². The normalized spacial score (nSPS) is 14.5. The van der Waals surface area contributed by atoms with E-state index in [9.17, 15) is 9.59 Å². The Morgan fingerprint density at radius 3 is 2.58 bits per heavy atom. The molecule has 0 radical (unpaired) electrons. The zero-order valence-electron chi connectivity index (χ0n) is 17.3. The summed E-state index contributed by atoms with van der Waals surface area (Å²) in [4.78, 5) is 35.8. The van der Waals surface area contributed by atoms with Crippen molar-refractivity contribution >= 4 is 29.9 Å². The first-order chi connectivity index (χ1) is 14.9. The second kappa shape index (κ2) is 8.31. The number of aliphatic imine (C=N–C) groups is 1. The topological polar surface area (TPSA) is 84.7 Å². The highest BCUT2D eigenvalue weighted by atomic mass is 16.7. The van der Waals surface area contributed by atoms with E-state index >= 15 is 0 Å². The molecule has 2 N–H and O–H groups in total. The first kappa shape index (κ1) is 20.2. The zero-order valence-corrected chi connectivity index (χ0v) is 17.3. The number of aryl methyl sites for hydroxylation is 2. The maximum atomic E-state index is 13.2. The monoisotopic (exact) mass is 414 g/mol. The molecule has 3 aromatic rings. The van der Waals surface area contributed by atoms with Gasteiger partial charge in [-0.15, -0.1) is 0 Å². The number of pyridine rings is 1. The van der Waals surface area contributed by atoms with Crippen LogP contribution in [0.15, 0.2) is 70.5 Å². The van der Waals surface area contributed by atoms with Crippen molar-refractivity contribution in [3.63, 3.8) is 0 Å². The largest absolute Gasteiger partial charge is 0.359 e. The van der Waals surface area contributed by atoms with Gasteiger partial charge in [0.2, 0.25) is 5.91 Å². The van der Waals surface area contributed by atoms with Gasteiger partial charge in [0.05, 0.1) is 0 Å². The SMILES string of the molecule is C=c1cc(C)n(CC(=O)Nc2ccccc2C)c(=O)c1=C1N=C(c2ccccc2)NO1. The molecule has 1 aliphatic rings. The molecule has 4 rings (SSSR count). The summed E-state index contributed by atoms with van der Waals surface area (Å²) in [7, 11) is 0. The molecule has 1 aliphatic heterocycles. The average molecular weight is 414 g/mol. The van der Waals surface area contributed by atoms with Crippen LogP contribution < -0.4 is 26.8 Å². The first-order valence-corrected chi connectivity index (χ1v) is 9.80. The fourth-order valence-electron chi connectivity index (χ4n) is 3.38. The van der Waals surface area contributed by atoms with E-state index in [0.29, 0.717) is 22.4 Å². The second-order valence-electron chi connectivity index (χ2n) is 7.28. The highest BCUT2D eigenvalue weighted by Crippen LogP contribution is 2.13. The summed E-state index contributed by atoms with van der Waals surface area (Å²) in [5.41, 5.74) is 5.46. The van der Waals surface area contributed by atoms with Crippen LogP contribution in [-0.2, 0) is 16.2 Å². The minimum atomic E-state index is -0.389. The summed E-state index contributed by atoms with van der Waals surface area (Å²) in [6.07, 6.45) is 0. The lowest BCUT2D eigenvalue weighted by molar-refractivity contribution is -0.116. The van der Waals surface area contributed by atoms with Crippen molar-refractivity contribution in [3.8, 4) is 0 Å². The number of amidine groups is 1. The summed E-state index contributed by atoms with van der Waals surface area (Å²) in [5.74, 6) is 0.326. The predicted octanol–water partition coefficient (Wildman–Crippen LogP) is 1.56. The lowest BCUT2D eigenvalue weighted by atomic mass is 10.2. The number of hydrogen-bond donors (Lipinski definition) is 2. The number of para-hydroxylation sites is 1. The lowest BCUT2D eigenvalue weighted by Gasteiger charge is -2.12. The molecule has 0 saturated carbocycles. The van der Waals surface area contributed by atoms with E-state index in [2.05, 4.69) is 22.4 Å². The molecule has 7 heteroatoms. The van der Waals surface area contributed by atoms with Gasteiger partial charge in [-0.3, -0.25) is 9.59 Å². The van der Waals surface area contributed by atoms with E-state index in [1.807, 2.05) is 61.5 Å². The van der Waals surface area contributed by atoms with Crippen molar-refractivity contribution in [1.82, 2.24) is 10.0 Å². The van der Waals surface area contributed by atoms with E-state index in [1.54, 1.807) is 13.0 Å². The quantitative estimate of drug-likeness (QED) is 0.679. The number of carbonyl (C=O) groups excluding carboxylic acids is 1. The number of amides is 1. The van der Waals surface area contributed by atoms with E-state index in [0.717, 1.165) is 11.1 Å². The Hall–Kier alpha value is -4.13. The molecular formula is C24H22N4O3. The maximum Gasteiger partial charge on any atom is 0.264 e. The van der Waals surface area contributed by atoms with Crippen molar-refractivity contribution in [3.05, 3.63) is 98.3 Å². The molecule has 7 nitrogen and oxygen atoms in total. The molecule has 0 saturated heterocycles. The van der Waals surface area contributed by atoms with Gasteiger partial charge in [-0.2, -0.15) is 4.99 Å². The fourth-order valence-corrected chi connectivity index (χ4v) is 3.38. The van der Waals surface area contributed by atoms with E-state index < -0.39 is 0 Å². The van der Waals surface area contributed by atoms with Crippen LogP contribution in [0, 0.1) is 13.8 Å². The predicted molar refractivity (Wildman–Crippen MR) is 121 cm³/mol. The summed E-state index contributed by atoms with van der Waals surface area (Å²) in [5, 5.41) is 3.55. The van der Waals surface area contributed by atoms with E-state index in [1.165, 1.54) is 4.57 Å². The minimum absolute atomic E-state index is 0.127. The van der Waals surface area contributed by atoms with Gasteiger partial charge in [0.15, 0.2) is 5.84 Å². The number of nitrogens with zero attached hydrogens (tertiary/aromatic N) is 2. The second-order valence-corrected chi connectivity index (χ2v) is 7.28. The van der Waals surface area contributed by atoms with Gasteiger partial charge in [-0.05, 0) is 36.8 Å². The van der Waals surface area contributed by atoms with Crippen LogP contribution in [0.4, 0.5) is 5.69 Å². The summed E-state index contributed by atoms with van der Waals surface area (Å²) >= 11 is 0. The molecule has 0 aliphatic carbocycles. The summed E-state index contributed by atoms with van der Waals surface area (Å²) in [6.45, 7) is 7.51. The maximum absolute atomic E-state index is 13.2. The number of anilines is 1. The molecule has 0 spiro atoms. The Balaban J connectivity index is 1.71. The molecule has 1 amide bonds. The molecule has 0 unspecified atom stereocenters. The number of aromatic nitrogens is 1. The Kier molecular flexibility index (Phi) is 5.41. The Labute approximate surface area is 179 Å². The lowest BCUT2D eigenvalue weighted by Crippen LogP contribution is -2.47. The molecule has 31 heavy (non-hydrogen) atoms. The first-order valence-electron chi connectivity index (χ1n) is 9.80. The van der Waals surface area contributed by atoms with Crippen molar-refractivity contribution in [2.45, 2.75) is 20.4 Å². The zero-order chi connectivity index (χ0) is 22.0. The van der Waals surface area contributed by atoms with Crippen LogP contribution in [-0.4, -0.2) is 16.3 Å². The third kappa shape index (κ3) is 4.11. The van der Waals surface area contributed by atoms with Gasteiger partial charge in [-0.1, -0.05) is 55.1 Å². The van der Waals surface area contributed by atoms with E-state index in [-0.39, 0.29) is 29.1 Å². The number of hydrogen-bond acceptors (Lipinski definition) is 5. The molecule has 2 heterocycles. The average Bonchev–Trinajstić information content (AvgIpc) is 3.23. The van der Waals surface area contributed by atoms with Gasteiger partial charge >= 0.3 is 0 Å². The molecule has 2 aromatic carbocycles. The van der Waals surface area contributed by atoms with Crippen molar-refractivity contribution in [1.29, 1.82) is 0 Å². The Morgan fingerprint density at radius 1 is 1.13 bits per heavy atom. The minimum Gasteiger partial charge on any atom is -0.359 e. The van der Waals surface area contributed by atoms with Crippen LogP contribution in [0.5, 0.6) is 0 Å². The smallest absolute Gasteiger partial charge is 0.264 e. The molecule has 0 bridgehead atoms. The van der Waals surface area contributed by atoms with Crippen LogP contribution in [0.3, 0.4) is 0 Å². The molecule has 0 atom stereocenters. The van der Waals surface area contributed by atoms with Crippen molar-refractivity contribution in [2.24, 2.45) is 4.99 Å². The number of benzene rings is 2. The van der Waals surface area contributed by atoms with Crippen LogP contribution in [0.25, 0.3) is 12.5 Å². The van der Waals surface area contributed by atoms with E-state index in [4.69, 9.17) is 4.84 Å². The van der Waals surface area contributed by atoms with Crippen LogP contribution >= 0.6 is 0 Å².